The number of benzene rings is 2. The van der Waals surface area contributed by atoms with Gasteiger partial charge in [0, 0.05) is 39.3 Å². The van der Waals surface area contributed by atoms with Crippen LogP contribution < -0.4 is 4.74 Å². The van der Waals surface area contributed by atoms with Crippen molar-refractivity contribution in [3.05, 3.63) is 64.1 Å². The minimum Gasteiger partial charge on any atom is -0.490 e. The first-order chi connectivity index (χ1) is 14.4. The summed E-state index contributed by atoms with van der Waals surface area (Å²) in [5.74, 6) is 0.732. The standard InChI is InChI=1S/C23H28Cl2N2O3/c1-26(23(29)13-17-5-3-2-4-6-17)15-18(28)16-27-11-9-19(10-12-27)30-20-7-8-21(24)22(25)14-20/h2-8,14,18-19,28H,9-13,15-16H2,1H3. The third-order valence-corrected chi connectivity index (χ3v) is 6.04. The Hall–Kier alpha value is -1.79. The molecule has 1 atom stereocenters. The second kappa shape index (κ2) is 11.0. The summed E-state index contributed by atoms with van der Waals surface area (Å²) in [6, 6.07) is 15.0. The number of hydrogen-bond donors (Lipinski definition) is 1. The van der Waals surface area contributed by atoms with E-state index in [-0.39, 0.29) is 12.0 Å². The summed E-state index contributed by atoms with van der Waals surface area (Å²) in [4.78, 5) is 16.2. The molecule has 1 heterocycles. The summed E-state index contributed by atoms with van der Waals surface area (Å²) in [6.07, 6.45) is 1.63. The molecule has 1 aliphatic heterocycles. The third kappa shape index (κ3) is 6.88. The number of ether oxygens (including phenoxy) is 1. The van der Waals surface area contributed by atoms with Crippen LogP contribution in [0, 0.1) is 0 Å². The maximum absolute atomic E-state index is 12.4. The lowest BCUT2D eigenvalue weighted by Crippen LogP contribution is -2.45. The molecule has 1 N–H and O–H groups in total. The van der Waals surface area contributed by atoms with Crippen LogP contribution in [0.2, 0.25) is 10.0 Å². The molecule has 30 heavy (non-hydrogen) atoms. The monoisotopic (exact) mass is 450 g/mol. The van der Waals surface area contributed by atoms with Gasteiger partial charge in [0.05, 0.1) is 22.6 Å². The normalized spacial score (nSPS) is 16.3. The largest absolute Gasteiger partial charge is 0.490 e. The zero-order valence-electron chi connectivity index (χ0n) is 17.1. The van der Waals surface area contributed by atoms with Crippen LogP contribution in [0.25, 0.3) is 0 Å². The van der Waals surface area contributed by atoms with E-state index in [0.717, 1.165) is 37.2 Å². The number of nitrogens with zero attached hydrogens (tertiary/aromatic N) is 2. The van der Waals surface area contributed by atoms with E-state index >= 15 is 0 Å². The van der Waals surface area contributed by atoms with E-state index in [4.69, 9.17) is 27.9 Å². The number of aliphatic hydroxyl groups excluding tert-OH is 1. The number of likely N-dealkylation sites (tertiary alicyclic amines) is 1. The number of β-amino-alcohol motifs (C(OH)–C–C–N with tert-alkyl or cyclic N) is 1. The molecular formula is C23H28Cl2N2O3. The molecule has 2 aromatic rings. The molecule has 0 aliphatic carbocycles. The Kier molecular flexibility index (Phi) is 8.40. The Bertz CT molecular complexity index is 826. The highest BCUT2D eigenvalue weighted by molar-refractivity contribution is 6.42. The quantitative estimate of drug-likeness (QED) is 0.662. The van der Waals surface area contributed by atoms with Crippen LogP contribution in [0.5, 0.6) is 5.75 Å². The molecule has 1 amide bonds. The number of hydrogen-bond acceptors (Lipinski definition) is 4. The Morgan fingerprint density at radius 1 is 1.17 bits per heavy atom. The lowest BCUT2D eigenvalue weighted by Gasteiger charge is -2.34. The van der Waals surface area contributed by atoms with Crippen LogP contribution in [0.15, 0.2) is 48.5 Å². The van der Waals surface area contributed by atoms with Gasteiger partial charge in [-0.25, -0.2) is 0 Å². The predicted octanol–water partition coefficient (Wildman–Crippen LogP) is 3.90. The first kappa shape index (κ1) is 22.9. The molecule has 1 aliphatic rings. The Morgan fingerprint density at radius 3 is 2.53 bits per heavy atom. The molecule has 1 fully saturated rings. The average Bonchev–Trinajstić information content (AvgIpc) is 2.73. The summed E-state index contributed by atoms with van der Waals surface area (Å²) >= 11 is 12.0. The minimum atomic E-state index is -0.581. The van der Waals surface area contributed by atoms with E-state index in [1.807, 2.05) is 36.4 Å². The van der Waals surface area contributed by atoms with Crippen LogP contribution in [0.3, 0.4) is 0 Å². The molecule has 0 spiro atoms. The number of aliphatic hydroxyl groups is 1. The molecule has 1 saturated heterocycles. The van der Waals surface area contributed by atoms with Crippen LogP contribution in [0.4, 0.5) is 0 Å². The summed E-state index contributed by atoms with van der Waals surface area (Å²) in [7, 11) is 1.74. The smallest absolute Gasteiger partial charge is 0.226 e. The molecule has 2 aromatic carbocycles. The van der Waals surface area contributed by atoms with Crippen molar-refractivity contribution in [2.75, 3.05) is 33.2 Å². The number of rotatable bonds is 8. The van der Waals surface area contributed by atoms with Gasteiger partial charge >= 0.3 is 0 Å². The summed E-state index contributed by atoms with van der Waals surface area (Å²) in [5.41, 5.74) is 0.980. The average molecular weight is 451 g/mol. The lowest BCUT2D eigenvalue weighted by atomic mass is 10.1. The van der Waals surface area contributed by atoms with E-state index in [1.165, 1.54) is 0 Å². The minimum absolute atomic E-state index is 0.00832. The van der Waals surface area contributed by atoms with Crippen molar-refractivity contribution < 1.29 is 14.6 Å². The summed E-state index contributed by atoms with van der Waals surface area (Å²) in [6.45, 7) is 2.54. The van der Waals surface area contributed by atoms with Crippen molar-refractivity contribution >= 4 is 29.1 Å². The molecule has 0 bridgehead atoms. The Labute approximate surface area is 188 Å². The van der Waals surface area contributed by atoms with Crippen LogP contribution >= 0.6 is 23.2 Å². The predicted molar refractivity (Wildman–Crippen MR) is 120 cm³/mol. The van der Waals surface area contributed by atoms with Gasteiger partial charge in [0.2, 0.25) is 5.91 Å². The van der Waals surface area contributed by atoms with Crippen molar-refractivity contribution in [1.82, 2.24) is 9.80 Å². The van der Waals surface area contributed by atoms with E-state index in [0.29, 0.717) is 29.6 Å². The maximum atomic E-state index is 12.4. The van der Waals surface area contributed by atoms with Gasteiger partial charge in [0.25, 0.3) is 0 Å². The van der Waals surface area contributed by atoms with Crippen molar-refractivity contribution in [1.29, 1.82) is 0 Å². The van der Waals surface area contributed by atoms with Crippen molar-refractivity contribution in [2.24, 2.45) is 0 Å². The van der Waals surface area contributed by atoms with E-state index < -0.39 is 6.10 Å². The zero-order valence-corrected chi connectivity index (χ0v) is 18.6. The lowest BCUT2D eigenvalue weighted by molar-refractivity contribution is -0.130. The molecule has 7 heteroatoms. The van der Waals surface area contributed by atoms with Crippen LogP contribution in [0.1, 0.15) is 18.4 Å². The zero-order chi connectivity index (χ0) is 21.5. The van der Waals surface area contributed by atoms with Crippen molar-refractivity contribution in [2.45, 2.75) is 31.5 Å². The number of carbonyl (C=O) groups is 1. The fraction of sp³-hybridized carbons (Fsp3) is 0.435. The number of carbonyl (C=O) groups excluding carboxylic acids is 1. The number of halogens is 2. The van der Waals surface area contributed by atoms with Gasteiger partial charge in [-0.2, -0.15) is 0 Å². The maximum Gasteiger partial charge on any atom is 0.226 e. The molecule has 3 rings (SSSR count). The highest BCUT2D eigenvalue weighted by Gasteiger charge is 2.23. The van der Waals surface area contributed by atoms with Crippen LogP contribution in [-0.2, 0) is 11.2 Å². The molecule has 162 valence electrons. The number of likely N-dealkylation sites (N-methyl/N-ethyl adjacent to an activating group) is 1. The van der Waals surface area contributed by atoms with E-state index in [1.54, 1.807) is 24.1 Å². The van der Waals surface area contributed by atoms with Gasteiger partial charge in [0.1, 0.15) is 11.9 Å². The molecule has 1 unspecified atom stereocenters. The topological polar surface area (TPSA) is 53.0 Å². The van der Waals surface area contributed by atoms with Crippen molar-refractivity contribution in [3.63, 3.8) is 0 Å². The van der Waals surface area contributed by atoms with Crippen molar-refractivity contribution in [3.8, 4) is 5.75 Å². The molecule has 0 radical (unpaired) electrons. The van der Waals surface area contributed by atoms with Gasteiger partial charge in [0.15, 0.2) is 0 Å². The summed E-state index contributed by atoms with van der Waals surface area (Å²) < 4.78 is 6.01. The van der Waals surface area contributed by atoms with E-state index in [2.05, 4.69) is 4.90 Å². The number of amides is 1. The van der Waals surface area contributed by atoms with Gasteiger partial charge in [-0.1, -0.05) is 53.5 Å². The molecule has 5 nitrogen and oxygen atoms in total. The number of piperidine rings is 1. The molecule has 0 saturated carbocycles. The van der Waals surface area contributed by atoms with Crippen LogP contribution in [-0.4, -0.2) is 66.2 Å². The van der Waals surface area contributed by atoms with E-state index in [9.17, 15) is 9.90 Å². The Balaban J connectivity index is 1.38. The van der Waals surface area contributed by atoms with Gasteiger partial charge in [-0.3, -0.25) is 4.79 Å². The fourth-order valence-electron chi connectivity index (χ4n) is 3.63. The SMILES string of the molecule is CN(CC(O)CN1CCC(Oc2ccc(Cl)c(Cl)c2)CC1)C(=O)Cc1ccccc1. The molecule has 0 aromatic heterocycles. The second-order valence-electron chi connectivity index (χ2n) is 7.78. The van der Waals surface area contributed by atoms with Gasteiger partial charge < -0.3 is 19.6 Å². The van der Waals surface area contributed by atoms with Gasteiger partial charge in [-0.05, 0) is 30.5 Å². The summed E-state index contributed by atoms with van der Waals surface area (Å²) in [5, 5.41) is 11.5. The molecular weight excluding hydrogens is 423 g/mol. The third-order valence-electron chi connectivity index (χ3n) is 5.31. The fourth-order valence-corrected chi connectivity index (χ4v) is 3.92. The van der Waals surface area contributed by atoms with Gasteiger partial charge in [-0.15, -0.1) is 0 Å². The highest BCUT2D eigenvalue weighted by Crippen LogP contribution is 2.28. The highest BCUT2D eigenvalue weighted by atomic mass is 35.5. The first-order valence-corrected chi connectivity index (χ1v) is 11.0. The second-order valence-corrected chi connectivity index (χ2v) is 8.60. The Morgan fingerprint density at radius 2 is 1.87 bits per heavy atom. The first-order valence-electron chi connectivity index (χ1n) is 10.2.